The largest absolute Gasteiger partial charge is 0.354 e. The van der Waals surface area contributed by atoms with Crippen molar-refractivity contribution >= 4 is 29.4 Å². The molecule has 6 nitrogen and oxygen atoms in total. The van der Waals surface area contributed by atoms with Gasteiger partial charge in [-0.3, -0.25) is 9.59 Å². The molecule has 0 bridgehead atoms. The maximum Gasteiger partial charge on any atom is 0.256 e. The Morgan fingerprint density at radius 1 is 1.10 bits per heavy atom. The molecule has 0 spiro atoms. The van der Waals surface area contributed by atoms with Gasteiger partial charge in [0.25, 0.3) is 5.91 Å². The number of nitrogens with one attached hydrogen (secondary N) is 2. The smallest absolute Gasteiger partial charge is 0.256 e. The summed E-state index contributed by atoms with van der Waals surface area (Å²) in [4.78, 5) is 25.0. The summed E-state index contributed by atoms with van der Waals surface area (Å²) in [6.07, 6.45) is 0.738. The van der Waals surface area contributed by atoms with Crippen LogP contribution in [-0.2, 0) is 29.3 Å². The Hall–Kier alpha value is -3.13. The van der Waals surface area contributed by atoms with Crippen LogP contribution in [0, 0.1) is 5.82 Å². The van der Waals surface area contributed by atoms with Gasteiger partial charge < -0.3 is 10.6 Å². The molecular weight excluding hydrogens is 403 g/mol. The number of amides is 2. The van der Waals surface area contributed by atoms with Crippen molar-refractivity contribution in [2.24, 2.45) is 0 Å². The molecule has 2 N–H and O–H groups in total. The van der Waals surface area contributed by atoms with Gasteiger partial charge in [-0.2, -0.15) is 16.9 Å². The Bertz CT molecular complexity index is 1070. The number of aromatic nitrogens is 2. The molecule has 30 heavy (non-hydrogen) atoms. The van der Waals surface area contributed by atoms with Crippen molar-refractivity contribution in [3.05, 3.63) is 82.8 Å². The van der Waals surface area contributed by atoms with Gasteiger partial charge in [0, 0.05) is 29.2 Å². The van der Waals surface area contributed by atoms with E-state index in [2.05, 4.69) is 15.7 Å². The van der Waals surface area contributed by atoms with Crippen molar-refractivity contribution in [3.8, 4) is 0 Å². The summed E-state index contributed by atoms with van der Waals surface area (Å²) in [5.74, 6) is 0.864. The highest BCUT2D eigenvalue weighted by Crippen LogP contribution is 2.34. The zero-order valence-corrected chi connectivity index (χ0v) is 17.0. The molecule has 0 unspecified atom stereocenters. The number of nitrogens with zero attached hydrogens (tertiary/aromatic N) is 2. The van der Waals surface area contributed by atoms with Gasteiger partial charge in [0.1, 0.15) is 18.2 Å². The lowest BCUT2D eigenvalue weighted by Crippen LogP contribution is -2.30. The minimum absolute atomic E-state index is 0.00518. The summed E-state index contributed by atoms with van der Waals surface area (Å²) in [7, 11) is 0. The van der Waals surface area contributed by atoms with Crippen molar-refractivity contribution < 1.29 is 14.0 Å². The molecule has 1 aromatic heterocycles. The predicted molar refractivity (Wildman–Crippen MR) is 115 cm³/mol. The molecule has 8 heteroatoms. The summed E-state index contributed by atoms with van der Waals surface area (Å²) in [5.41, 5.74) is 3.15. The first-order valence-electron chi connectivity index (χ1n) is 9.64. The molecule has 4 rings (SSSR count). The Kier molecular flexibility index (Phi) is 6.13. The van der Waals surface area contributed by atoms with E-state index in [1.165, 1.54) is 22.9 Å². The lowest BCUT2D eigenvalue weighted by Gasteiger charge is -2.11. The van der Waals surface area contributed by atoms with E-state index in [1.54, 1.807) is 17.8 Å². The zero-order chi connectivity index (χ0) is 20.9. The number of benzene rings is 2. The molecule has 3 aromatic rings. The lowest BCUT2D eigenvalue weighted by molar-refractivity contribution is -0.121. The number of carbonyl (C=O) groups excluding carboxylic acids is 2. The van der Waals surface area contributed by atoms with E-state index >= 15 is 0 Å². The summed E-state index contributed by atoms with van der Waals surface area (Å²) < 4.78 is 15.0. The van der Waals surface area contributed by atoms with Crippen LogP contribution in [0.1, 0.15) is 27.2 Å². The second kappa shape index (κ2) is 9.13. The number of halogens is 1. The Morgan fingerprint density at radius 2 is 1.93 bits per heavy atom. The first-order chi connectivity index (χ1) is 14.6. The van der Waals surface area contributed by atoms with E-state index in [1.807, 2.05) is 30.3 Å². The fraction of sp³-hybridized carbons (Fsp3) is 0.227. The molecule has 2 amide bonds. The first kappa shape index (κ1) is 20.2. The number of carbonyl (C=O) groups is 2. The SMILES string of the molecule is O=C(Cn1nc2c(c1NC(=O)c1cccc(F)c1)CSC2)NCCc1ccccc1. The summed E-state index contributed by atoms with van der Waals surface area (Å²) in [5, 5.41) is 10.2. The van der Waals surface area contributed by atoms with Crippen LogP contribution in [0.4, 0.5) is 10.2 Å². The van der Waals surface area contributed by atoms with Gasteiger partial charge in [-0.15, -0.1) is 0 Å². The number of hydrogen-bond acceptors (Lipinski definition) is 4. The highest BCUT2D eigenvalue weighted by Gasteiger charge is 2.25. The van der Waals surface area contributed by atoms with E-state index in [9.17, 15) is 14.0 Å². The maximum atomic E-state index is 13.5. The molecule has 0 saturated heterocycles. The molecule has 0 aliphatic carbocycles. The van der Waals surface area contributed by atoms with Crippen LogP contribution in [0.15, 0.2) is 54.6 Å². The highest BCUT2D eigenvalue weighted by atomic mass is 32.2. The van der Waals surface area contributed by atoms with Crippen molar-refractivity contribution in [1.29, 1.82) is 0 Å². The van der Waals surface area contributed by atoms with Crippen molar-refractivity contribution in [2.75, 3.05) is 11.9 Å². The molecule has 0 atom stereocenters. The minimum Gasteiger partial charge on any atom is -0.354 e. The number of anilines is 1. The zero-order valence-electron chi connectivity index (χ0n) is 16.2. The molecular formula is C22H21FN4O2S. The van der Waals surface area contributed by atoms with Gasteiger partial charge in [-0.05, 0) is 30.2 Å². The third-order valence-electron chi connectivity index (χ3n) is 4.81. The number of thioether (sulfide) groups is 1. The number of rotatable bonds is 7. The van der Waals surface area contributed by atoms with Crippen LogP contribution >= 0.6 is 11.8 Å². The van der Waals surface area contributed by atoms with Crippen LogP contribution in [0.3, 0.4) is 0 Å². The van der Waals surface area contributed by atoms with Gasteiger partial charge >= 0.3 is 0 Å². The molecule has 154 valence electrons. The van der Waals surface area contributed by atoms with Gasteiger partial charge in [-0.1, -0.05) is 36.4 Å². The molecule has 0 radical (unpaired) electrons. The molecule has 1 aliphatic heterocycles. The first-order valence-corrected chi connectivity index (χ1v) is 10.8. The fourth-order valence-electron chi connectivity index (χ4n) is 3.31. The maximum absolute atomic E-state index is 13.5. The second-order valence-corrected chi connectivity index (χ2v) is 7.96. The normalized spacial score (nSPS) is 12.4. The van der Waals surface area contributed by atoms with Crippen LogP contribution in [0.5, 0.6) is 0 Å². The Labute approximate surface area is 177 Å². The van der Waals surface area contributed by atoms with Crippen LogP contribution in [-0.4, -0.2) is 28.1 Å². The molecule has 1 aliphatic rings. The topological polar surface area (TPSA) is 76.0 Å². The monoisotopic (exact) mass is 424 g/mol. The highest BCUT2D eigenvalue weighted by molar-refractivity contribution is 7.98. The van der Waals surface area contributed by atoms with E-state index in [-0.39, 0.29) is 18.0 Å². The Balaban J connectivity index is 1.43. The van der Waals surface area contributed by atoms with Gasteiger partial charge in [0.2, 0.25) is 5.91 Å². The molecule has 0 fully saturated rings. The standard InChI is InChI=1S/C22H21FN4O2S/c23-17-8-4-7-16(11-17)22(29)25-21-18-13-30-14-19(18)26-27(21)12-20(28)24-10-9-15-5-2-1-3-6-15/h1-8,11H,9-10,12-14H2,(H,24,28)(H,25,29). The van der Waals surface area contributed by atoms with E-state index in [4.69, 9.17) is 0 Å². The van der Waals surface area contributed by atoms with Crippen LogP contribution in [0.25, 0.3) is 0 Å². The average molecular weight is 425 g/mol. The summed E-state index contributed by atoms with van der Waals surface area (Å²) >= 11 is 1.70. The third-order valence-corrected chi connectivity index (χ3v) is 5.78. The van der Waals surface area contributed by atoms with Crippen LogP contribution in [0.2, 0.25) is 0 Å². The van der Waals surface area contributed by atoms with Crippen LogP contribution < -0.4 is 10.6 Å². The van der Waals surface area contributed by atoms with E-state index in [0.29, 0.717) is 18.1 Å². The minimum atomic E-state index is -0.477. The predicted octanol–water partition coefficient (Wildman–Crippen LogP) is 3.38. The Morgan fingerprint density at radius 3 is 2.73 bits per heavy atom. The second-order valence-electron chi connectivity index (χ2n) is 6.97. The molecule has 0 saturated carbocycles. The molecule has 2 aromatic carbocycles. The van der Waals surface area contributed by atoms with Gasteiger partial charge in [0.05, 0.1) is 5.69 Å². The fourth-order valence-corrected chi connectivity index (χ4v) is 4.35. The lowest BCUT2D eigenvalue weighted by atomic mass is 10.1. The summed E-state index contributed by atoms with van der Waals surface area (Å²) in [6.45, 7) is 0.524. The number of fused-ring (bicyclic) bond motifs is 1. The third kappa shape index (κ3) is 4.71. The average Bonchev–Trinajstić information content (AvgIpc) is 3.31. The quantitative estimate of drug-likeness (QED) is 0.610. The van der Waals surface area contributed by atoms with E-state index in [0.717, 1.165) is 29.0 Å². The van der Waals surface area contributed by atoms with Crippen molar-refractivity contribution in [3.63, 3.8) is 0 Å². The van der Waals surface area contributed by atoms with Crippen molar-refractivity contribution in [2.45, 2.75) is 24.5 Å². The summed E-state index contributed by atoms with van der Waals surface area (Å²) in [6, 6.07) is 15.4. The van der Waals surface area contributed by atoms with Gasteiger partial charge in [0.15, 0.2) is 0 Å². The molecule has 2 heterocycles. The van der Waals surface area contributed by atoms with E-state index < -0.39 is 11.7 Å². The van der Waals surface area contributed by atoms with Crippen molar-refractivity contribution in [1.82, 2.24) is 15.1 Å². The number of hydrogen-bond donors (Lipinski definition) is 2. The van der Waals surface area contributed by atoms with Gasteiger partial charge in [-0.25, -0.2) is 9.07 Å².